The minimum atomic E-state index is -0.749. The summed E-state index contributed by atoms with van der Waals surface area (Å²) in [5, 5.41) is 5.51. The number of benzene rings is 2. The summed E-state index contributed by atoms with van der Waals surface area (Å²) in [5.41, 5.74) is 2.00. The van der Waals surface area contributed by atoms with Crippen molar-refractivity contribution in [3.8, 4) is 0 Å². The van der Waals surface area contributed by atoms with Gasteiger partial charge in [-0.25, -0.2) is 14.0 Å². The molecule has 0 saturated heterocycles. The highest BCUT2D eigenvalue weighted by Gasteiger charge is 2.35. The Kier molecular flexibility index (Phi) is 6.39. The number of hydrogen-bond donors (Lipinski definition) is 2. The van der Waals surface area contributed by atoms with E-state index in [-0.39, 0.29) is 17.7 Å². The molecule has 2 N–H and O–H groups in total. The summed E-state index contributed by atoms with van der Waals surface area (Å²) >= 11 is 0. The van der Waals surface area contributed by atoms with Gasteiger partial charge in [0.1, 0.15) is 5.82 Å². The Morgan fingerprint density at radius 2 is 1.87 bits per heavy atom. The monoisotopic (exact) mass is 425 g/mol. The second kappa shape index (κ2) is 8.99. The van der Waals surface area contributed by atoms with Crippen LogP contribution in [0, 0.1) is 5.82 Å². The number of rotatable bonds is 5. The molecule has 1 atom stereocenters. The van der Waals surface area contributed by atoms with Gasteiger partial charge in [0.25, 0.3) is 5.91 Å². The number of nitrogens with zero attached hydrogens (tertiary/aromatic N) is 1. The van der Waals surface area contributed by atoms with Gasteiger partial charge >= 0.3 is 12.0 Å². The van der Waals surface area contributed by atoms with Gasteiger partial charge in [-0.1, -0.05) is 18.2 Å². The van der Waals surface area contributed by atoms with Crippen molar-refractivity contribution in [2.45, 2.75) is 32.9 Å². The SMILES string of the molecule is CC1=C(C(=O)OC(C)C)[C@@H](c2cccc(NC(=O)c3cccc(F)c3)c2)NC(=O)N1C. The van der Waals surface area contributed by atoms with E-state index in [4.69, 9.17) is 4.74 Å². The molecule has 3 amide bonds. The molecule has 31 heavy (non-hydrogen) atoms. The zero-order valence-electron chi connectivity index (χ0n) is 17.7. The van der Waals surface area contributed by atoms with Crippen molar-refractivity contribution in [3.05, 3.63) is 76.7 Å². The number of ether oxygens (including phenoxy) is 1. The predicted octanol–water partition coefficient (Wildman–Crippen LogP) is 4.00. The van der Waals surface area contributed by atoms with E-state index in [1.54, 1.807) is 52.1 Å². The normalized spacial score (nSPS) is 16.3. The maximum Gasteiger partial charge on any atom is 0.338 e. The molecule has 0 radical (unpaired) electrons. The van der Waals surface area contributed by atoms with Crippen LogP contribution in [0.4, 0.5) is 14.9 Å². The van der Waals surface area contributed by atoms with E-state index in [0.29, 0.717) is 22.5 Å². The van der Waals surface area contributed by atoms with E-state index in [9.17, 15) is 18.8 Å². The number of esters is 1. The summed E-state index contributed by atoms with van der Waals surface area (Å²) in [5.74, 6) is -1.52. The summed E-state index contributed by atoms with van der Waals surface area (Å²) in [6.07, 6.45) is -0.326. The van der Waals surface area contributed by atoms with Gasteiger partial charge in [0.05, 0.1) is 17.7 Å². The van der Waals surface area contributed by atoms with E-state index >= 15 is 0 Å². The maximum absolute atomic E-state index is 13.4. The van der Waals surface area contributed by atoms with Gasteiger partial charge in [-0.2, -0.15) is 0 Å². The molecule has 0 bridgehead atoms. The molecule has 0 fully saturated rings. The molecule has 2 aromatic rings. The van der Waals surface area contributed by atoms with Crippen molar-refractivity contribution in [1.82, 2.24) is 10.2 Å². The molecule has 7 nitrogen and oxygen atoms in total. The molecule has 1 aliphatic rings. The number of anilines is 1. The number of carbonyl (C=O) groups excluding carboxylic acids is 3. The van der Waals surface area contributed by atoms with Crippen LogP contribution in [0.25, 0.3) is 0 Å². The second-order valence-electron chi connectivity index (χ2n) is 7.48. The van der Waals surface area contributed by atoms with Gasteiger partial charge in [0.2, 0.25) is 0 Å². The molecule has 0 spiro atoms. The number of urea groups is 1. The molecule has 0 unspecified atom stereocenters. The van der Waals surface area contributed by atoms with Crippen LogP contribution in [0.2, 0.25) is 0 Å². The number of nitrogens with one attached hydrogen (secondary N) is 2. The average molecular weight is 425 g/mol. The van der Waals surface area contributed by atoms with Crippen LogP contribution in [0.3, 0.4) is 0 Å². The molecule has 0 aliphatic carbocycles. The van der Waals surface area contributed by atoms with Crippen LogP contribution in [-0.2, 0) is 9.53 Å². The van der Waals surface area contributed by atoms with Crippen LogP contribution in [0.15, 0.2) is 59.8 Å². The van der Waals surface area contributed by atoms with Gasteiger partial charge in [-0.15, -0.1) is 0 Å². The predicted molar refractivity (Wildman–Crippen MR) is 114 cm³/mol. The summed E-state index contributed by atoms with van der Waals surface area (Å²) in [4.78, 5) is 39.0. The fourth-order valence-electron chi connectivity index (χ4n) is 3.26. The van der Waals surface area contributed by atoms with E-state index < -0.39 is 23.7 Å². The number of carbonyl (C=O) groups is 3. The number of allylic oxidation sites excluding steroid dienone is 1. The lowest BCUT2D eigenvalue weighted by Crippen LogP contribution is -2.46. The molecule has 1 heterocycles. The van der Waals surface area contributed by atoms with Crippen LogP contribution in [-0.4, -0.2) is 36.0 Å². The van der Waals surface area contributed by atoms with Gasteiger partial charge in [0.15, 0.2) is 0 Å². The minimum absolute atomic E-state index is 0.176. The first-order valence-electron chi connectivity index (χ1n) is 9.80. The Morgan fingerprint density at radius 1 is 1.16 bits per heavy atom. The van der Waals surface area contributed by atoms with Crippen LogP contribution >= 0.6 is 0 Å². The molecule has 0 aromatic heterocycles. The summed E-state index contributed by atoms with van der Waals surface area (Å²) in [7, 11) is 1.57. The summed E-state index contributed by atoms with van der Waals surface area (Å²) in [6, 6.07) is 11.0. The van der Waals surface area contributed by atoms with Gasteiger partial charge in [0, 0.05) is 24.0 Å². The second-order valence-corrected chi connectivity index (χ2v) is 7.48. The van der Waals surface area contributed by atoms with Crippen molar-refractivity contribution in [2.75, 3.05) is 12.4 Å². The first-order valence-corrected chi connectivity index (χ1v) is 9.80. The van der Waals surface area contributed by atoms with E-state index in [1.165, 1.54) is 23.1 Å². The molecule has 0 saturated carbocycles. The fourth-order valence-corrected chi connectivity index (χ4v) is 3.26. The molecular weight excluding hydrogens is 401 g/mol. The third kappa shape index (κ3) is 4.91. The van der Waals surface area contributed by atoms with Gasteiger partial charge < -0.3 is 20.3 Å². The van der Waals surface area contributed by atoms with Crippen LogP contribution < -0.4 is 10.6 Å². The number of hydrogen-bond acceptors (Lipinski definition) is 4. The quantitative estimate of drug-likeness (QED) is 0.709. The lowest BCUT2D eigenvalue weighted by atomic mass is 9.94. The molecular formula is C23H24FN3O4. The standard InChI is InChI=1S/C23H24FN3O4/c1-13(2)31-22(29)19-14(3)27(4)23(30)26-20(19)15-7-6-10-18(12-15)25-21(28)16-8-5-9-17(24)11-16/h5-13,20H,1-4H3,(H,25,28)(H,26,30)/t20-/m1/s1. The fraction of sp³-hybridized carbons (Fsp3) is 0.261. The number of halogens is 1. The third-order valence-corrected chi connectivity index (χ3v) is 4.88. The van der Waals surface area contributed by atoms with Crippen molar-refractivity contribution in [1.29, 1.82) is 0 Å². The summed E-state index contributed by atoms with van der Waals surface area (Å²) in [6.45, 7) is 5.17. The van der Waals surface area contributed by atoms with Gasteiger partial charge in [-0.05, 0) is 56.7 Å². The van der Waals surface area contributed by atoms with Crippen molar-refractivity contribution < 1.29 is 23.5 Å². The van der Waals surface area contributed by atoms with Crippen molar-refractivity contribution >= 4 is 23.6 Å². The van der Waals surface area contributed by atoms with Crippen LogP contribution in [0.1, 0.15) is 42.7 Å². The Morgan fingerprint density at radius 3 is 2.55 bits per heavy atom. The summed E-state index contributed by atoms with van der Waals surface area (Å²) < 4.78 is 18.8. The van der Waals surface area contributed by atoms with Crippen molar-refractivity contribution in [3.63, 3.8) is 0 Å². The molecule has 2 aromatic carbocycles. The first-order chi connectivity index (χ1) is 14.7. The Hall–Kier alpha value is -3.68. The smallest absolute Gasteiger partial charge is 0.338 e. The Labute approximate surface area is 179 Å². The average Bonchev–Trinajstić information content (AvgIpc) is 2.71. The van der Waals surface area contributed by atoms with Gasteiger partial charge in [-0.3, -0.25) is 4.79 Å². The molecule has 1 aliphatic heterocycles. The first kappa shape index (κ1) is 22.0. The lowest BCUT2D eigenvalue weighted by Gasteiger charge is -2.33. The van der Waals surface area contributed by atoms with E-state index in [0.717, 1.165) is 6.07 Å². The third-order valence-electron chi connectivity index (χ3n) is 4.88. The Bertz CT molecular complexity index is 1060. The highest BCUT2D eigenvalue weighted by molar-refractivity contribution is 6.04. The molecule has 162 valence electrons. The Balaban J connectivity index is 1.93. The maximum atomic E-state index is 13.4. The topological polar surface area (TPSA) is 87.7 Å². The van der Waals surface area contributed by atoms with Crippen LogP contribution in [0.5, 0.6) is 0 Å². The van der Waals surface area contributed by atoms with E-state index in [2.05, 4.69) is 10.6 Å². The zero-order valence-corrected chi connectivity index (χ0v) is 17.7. The molecule has 3 rings (SSSR count). The highest BCUT2D eigenvalue weighted by Crippen LogP contribution is 2.32. The number of amides is 3. The largest absolute Gasteiger partial charge is 0.459 e. The lowest BCUT2D eigenvalue weighted by molar-refractivity contribution is -0.143. The highest BCUT2D eigenvalue weighted by atomic mass is 19.1. The zero-order chi connectivity index (χ0) is 22.7. The minimum Gasteiger partial charge on any atom is -0.459 e. The molecule has 8 heteroatoms. The van der Waals surface area contributed by atoms with Crippen molar-refractivity contribution in [2.24, 2.45) is 0 Å². The van der Waals surface area contributed by atoms with E-state index in [1.807, 2.05) is 0 Å².